The lowest BCUT2D eigenvalue weighted by atomic mass is 10.1. The molecule has 1 N–H and O–H groups in total. The summed E-state index contributed by atoms with van der Waals surface area (Å²) in [5.74, 6) is 1.30. The number of aryl methyl sites for hydroxylation is 2. The number of hydrogen-bond acceptors (Lipinski definition) is 2. The standard InChI is InChI=1S/C14H14BrNO2/c1-8-9(2)18-10(3)13(8)14(17)16-12-6-4-11(15)5-7-12/h4-7H,1-3H3,(H,16,17). The normalized spacial score (nSPS) is 10.4. The van der Waals surface area contributed by atoms with Crippen LogP contribution >= 0.6 is 15.9 Å². The van der Waals surface area contributed by atoms with Crippen molar-refractivity contribution in [2.75, 3.05) is 5.32 Å². The molecule has 0 saturated carbocycles. The van der Waals surface area contributed by atoms with Crippen LogP contribution in [-0.4, -0.2) is 5.91 Å². The van der Waals surface area contributed by atoms with Crippen molar-refractivity contribution in [3.63, 3.8) is 0 Å². The van der Waals surface area contributed by atoms with Crippen LogP contribution in [0, 0.1) is 20.8 Å². The first-order valence-corrected chi connectivity index (χ1v) is 6.42. The van der Waals surface area contributed by atoms with E-state index in [1.54, 1.807) is 6.92 Å². The number of benzene rings is 1. The van der Waals surface area contributed by atoms with Crippen LogP contribution in [-0.2, 0) is 0 Å². The van der Waals surface area contributed by atoms with E-state index in [4.69, 9.17) is 4.42 Å². The zero-order valence-corrected chi connectivity index (χ0v) is 12.1. The van der Waals surface area contributed by atoms with Gasteiger partial charge in [-0.3, -0.25) is 4.79 Å². The van der Waals surface area contributed by atoms with Gasteiger partial charge in [-0.1, -0.05) is 15.9 Å². The molecular formula is C14H14BrNO2. The van der Waals surface area contributed by atoms with Crippen LogP contribution in [0.1, 0.15) is 27.4 Å². The van der Waals surface area contributed by atoms with Crippen molar-refractivity contribution in [3.05, 3.63) is 51.4 Å². The van der Waals surface area contributed by atoms with Gasteiger partial charge in [-0.05, 0) is 45.0 Å². The second kappa shape index (κ2) is 4.98. The monoisotopic (exact) mass is 307 g/mol. The second-order valence-corrected chi connectivity index (χ2v) is 5.09. The lowest BCUT2D eigenvalue weighted by Crippen LogP contribution is -2.13. The topological polar surface area (TPSA) is 42.2 Å². The van der Waals surface area contributed by atoms with Gasteiger partial charge in [0.2, 0.25) is 0 Å². The van der Waals surface area contributed by atoms with Gasteiger partial charge < -0.3 is 9.73 Å². The molecule has 0 aliphatic heterocycles. The molecule has 0 saturated heterocycles. The van der Waals surface area contributed by atoms with Gasteiger partial charge in [-0.15, -0.1) is 0 Å². The fourth-order valence-electron chi connectivity index (χ4n) is 1.85. The van der Waals surface area contributed by atoms with Gasteiger partial charge in [0.1, 0.15) is 11.5 Å². The highest BCUT2D eigenvalue weighted by molar-refractivity contribution is 9.10. The van der Waals surface area contributed by atoms with Crippen molar-refractivity contribution < 1.29 is 9.21 Å². The number of anilines is 1. The van der Waals surface area contributed by atoms with Gasteiger partial charge in [0, 0.05) is 15.7 Å². The summed E-state index contributed by atoms with van der Waals surface area (Å²) >= 11 is 3.36. The fourth-order valence-corrected chi connectivity index (χ4v) is 2.12. The highest BCUT2D eigenvalue weighted by Crippen LogP contribution is 2.22. The first-order chi connectivity index (χ1) is 8.49. The molecule has 0 bridgehead atoms. The highest BCUT2D eigenvalue weighted by Gasteiger charge is 2.18. The van der Waals surface area contributed by atoms with Crippen LogP contribution in [0.25, 0.3) is 0 Å². The highest BCUT2D eigenvalue weighted by atomic mass is 79.9. The number of nitrogens with one attached hydrogen (secondary N) is 1. The van der Waals surface area contributed by atoms with Crippen LogP contribution in [0.3, 0.4) is 0 Å². The van der Waals surface area contributed by atoms with Crippen molar-refractivity contribution in [2.45, 2.75) is 20.8 Å². The Bertz CT molecular complexity index is 585. The van der Waals surface area contributed by atoms with Gasteiger partial charge in [-0.25, -0.2) is 0 Å². The maximum absolute atomic E-state index is 12.2. The summed E-state index contributed by atoms with van der Waals surface area (Å²) in [7, 11) is 0. The summed E-state index contributed by atoms with van der Waals surface area (Å²) in [6, 6.07) is 7.46. The van der Waals surface area contributed by atoms with E-state index >= 15 is 0 Å². The minimum atomic E-state index is -0.135. The molecule has 0 fully saturated rings. The molecule has 0 atom stereocenters. The minimum absolute atomic E-state index is 0.135. The summed E-state index contributed by atoms with van der Waals surface area (Å²) in [5, 5.41) is 2.86. The number of halogens is 1. The number of furan rings is 1. The van der Waals surface area contributed by atoms with Crippen molar-refractivity contribution in [1.29, 1.82) is 0 Å². The maximum atomic E-state index is 12.2. The van der Waals surface area contributed by atoms with Crippen molar-refractivity contribution in [1.82, 2.24) is 0 Å². The Balaban J connectivity index is 2.24. The van der Waals surface area contributed by atoms with Crippen molar-refractivity contribution >= 4 is 27.5 Å². The third-order valence-electron chi connectivity index (χ3n) is 2.89. The molecule has 2 rings (SSSR count). The zero-order valence-electron chi connectivity index (χ0n) is 10.5. The van der Waals surface area contributed by atoms with Crippen LogP contribution in [0.5, 0.6) is 0 Å². The van der Waals surface area contributed by atoms with Gasteiger partial charge >= 0.3 is 0 Å². The fraction of sp³-hybridized carbons (Fsp3) is 0.214. The molecular weight excluding hydrogens is 294 g/mol. The van der Waals surface area contributed by atoms with Crippen LogP contribution in [0.15, 0.2) is 33.2 Å². The molecule has 4 heteroatoms. The summed E-state index contributed by atoms with van der Waals surface area (Å²) in [4.78, 5) is 12.2. The molecule has 2 aromatic rings. The third kappa shape index (κ3) is 2.48. The SMILES string of the molecule is Cc1oc(C)c(C(=O)Nc2ccc(Br)cc2)c1C. The number of amides is 1. The van der Waals surface area contributed by atoms with E-state index in [2.05, 4.69) is 21.2 Å². The van der Waals surface area contributed by atoms with Crippen molar-refractivity contribution in [2.24, 2.45) is 0 Å². The predicted octanol–water partition coefficient (Wildman–Crippen LogP) is 4.22. The lowest BCUT2D eigenvalue weighted by molar-refractivity contribution is 0.102. The predicted molar refractivity (Wildman–Crippen MR) is 75.0 cm³/mol. The Morgan fingerprint density at radius 1 is 1.11 bits per heavy atom. The van der Waals surface area contributed by atoms with Gasteiger partial charge in [0.05, 0.1) is 5.56 Å². The van der Waals surface area contributed by atoms with Gasteiger partial charge in [0.25, 0.3) is 5.91 Å². The molecule has 0 unspecified atom stereocenters. The molecule has 1 heterocycles. The lowest BCUT2D eigenvalue weighted by Gasteiger charge is -2.05. The molecule has 0 radical (unpaired) electrons. The minimum Gasteiger partial charge on any atom is -0.466 e. The van der Waals surface area contributed by atoms with E-state index in [0.29, 0.717) is 11.3 Å². The molecule has 94 valence electrons. The number of carbonyl (C=O) groups excluding carboxylic acids is 1. The maximum Gasteiger partial charge on any atom is 0.259 e. The van der Waals surface area contributed by atoms with Crippen LogP contribution in [0.4, 0.5) is 5.69 Å². The molecule has 1 aromatic heterocycles. The number of hydrogen-bond donors (Lipinski definition) is 1. The largest absolute Gasteiger partial charge is 0.466 e. The Labute approximate surface area is 114 Å². The van der Waals surface area contributed by atoms with E-state index in [1.165, 1.54) is 0 Å². The summed E-state index contributed by atoms with van der Waals surface area (Å²) in [6.07, 6.45) is 0. The Hall–Kier alpha value is -1.55. The van der Waals surface area contributed by atoms with Crippen molar-refractivity contribution in [3.8, 4) is 0 Å². The Morgan fingerprint density at radius 2 is 1.72 bits per heavy atom. The van der Waals surface area contributed by atoms with E-state index in [-0.39, 0.29) is 5.91 Å². The van der Waals surface area contributed by atoms with Gasteiger partial charge in [-0.2, -0.15) is 0 Å². The summed E-state index contributed by atoms with van der Waals surface area (Å²) < 4.78 is 6.43. The molecule has 0 spiro atoms. The summed E-state index contributed by atoms with van der Waals surface area (Å²) in [6.45, 7) is 5.55. The van der Waals surface area contributed by atoms with E-state index in [1.807, 2.05) is 38.1 Å². The first kappa shape index (κ1) is 12.9. The molecule has 3 nitrogen and oxygen atoms in total. The average molecular weight is 308 g/mol. The second-order valence-electron chi connectivity index (χ2n) is 4.18. The van der Waals surface area contributed by atoms with E-state index in [9.17, 15) is 4.79 Å². The third-order valence-corrected chi connectivity index (χ3v) is 3.42. The quantitative estimate of drug-likeness (QED) is 0.902. The van der Waals surface area contributed by atoms with E-state index < -0.39 is 0 Å². The molecule has 0 aliphatic carbocycles. The van der Waals surface area contributed by atoms with Crippen LogP contribution < -0.4 is 5.32 Å². The Morgan fingerprint density at radius 3 is 2.22 bits per heavy atom. The van der Waals surface area contributed by atoms with Gasteiger partial charge in [0.15, 0.2) is 0 Å². The molecule has 1 amide bonds. The average Bonchev–Trinajstić information content (AvgIpc) is 2.56. The molecule has 0 aliphatic rings. The van der Waals surface area contributed by atoms with E-state index in [0.717, 1.165) is 21.5 Å². The zero-order chi connectivity index (χ0) is 13.3. The Kier molecular flexibility index (Phi) is 3.57. The molecule has 1 aromatic carbocycles. The first-order valence-electron chi connectivity index (χ1n) is 5.62. The van der Waals surface area contributed by atoms with Crippen LogP contribution in [0.2, 0.25) is 0 Å². The molecule has 18 heavy (non-hydrogen) atoms. The smallest absolute Gasteiger partial charge is 0.259 e. The number of carbonyl (C=O) groups is 1. The summed E-state index contributed by atoms with van der Waals surface area (Å²) in [5.41, 5.74) is 2.28. The number of rotatable bonds is 2.